The van der Waals surface area contributed by atoms with E-state index >= 15 is 0 Å². The van der Waals surface area contributed by atoms with Gasteiger partial charge >= 0.3 is 0 Å². The molecule has 0 aromatic heterocycles. The first-order valence-corrected chi connectivity index (χ1v) is 6.45. The molecule has 0 radical (unpaired) electrons. The molecule has 0 bridgehead atoms. The van der Waals surface area contributed by atoms with E-state index < -0.39 is 0 Å². The lowest BCUT2D eigenvalue weighted by atomic mass is 9.93. The van der Waals surface area contributed by atoms with E-state index in [2.05, 4.69) is 13.8 Å². The fourth-order valence-electron chi connectivity index (χ4n) is 2.11. The largest absolute Gasteiger partial charge is 0.507 e. The van der Waals surface area contributed by atoms with E-state index in [-0.39, 0.29) is 0 Å². The molecule has 0 heterocycles. The van der Waals surface area contributed by atoms with Gasteiger partial charge in [0.2, 0.25) is 0 Å². The lowest BCUT2D eigenvalue weighted by Crippen LogP contribution is -1.95. The maximum atomic E-state index is 9.97. The normalized spacial score (nSPS) is 12.7. The molecule has 0 saturated heterocycles. The summed E-state index contributed by atoms with van der Waals surface area (Å²) in [5, 5.41) is 9.97. The van der Waals surface area contributed by atoms with Crippen LogP contribution >= 0.6 is 0 Å². The number of hydrogen-bond donors (Lipinski definition) is 1. The molecule has 1 heteroatoms. The van der Waals surface area contributed by atoms with Crippen LogP contribution in [0.3, 0.4) is 0 Å². The minimum atomic E-state index is 0.469. The number of aromatic hydroxyl groups is 1. The summed E-state index contributed by atoms with van der Waals surface area (Å²) < 4.78 is 0. The summed E-state index contributed by atoms with van der Waals surface area (Å²) in [6, 6.07) is 6.04. The number of rotatable bonds is 6. The lowest BCUT2D eigenvalue weighted by Gasteiger charge is -2.14. The summed E-state index contributed by atoms with van der Waals surface area (Å²) in [6.07, 6.45) is 6.36. The summed E-state index contributed by atoms with van der Waals surface area (Å²) >= 11 is 0. The topological polar surface area (TPSA) is 20.2 Å². The molecule has 1 aromatic rings. The van der Waals surface area contributed by atoms with Gasteiger partial charge in [0.05, 0.1) is 0 Å². The molecule has 1 N–H and O–H groups in total. The van der Waals surface area contributed by atoms with Crippen molar-refractivity contribution in [3.8, 4) is 5.75 Å². The van der Waals surface area contributed by atoms with Crippen molar-refractivity contribution >= 4 is 0 Å². The minimum absolute atomic E-state index is 0.469. The molecule has 1 unspecified atom stereocenters. The minimum Gasteiger partial charge on any atom is -0.507 e. The maximum Gasteiger partial charge on any atom is 0.121 e. The summed E-state index contributed by atoms with van der Waals surface area (Å²) in [7, 11) is 0. The van der Waals surface area contributed by atoms with Crippen LogP contribution in [0.1, 0.15) is 63.0 Å². The Morgan fingerprint density at radius 2 is 1.94 bits per heavy atom. The molecule has 0 saturated carbocycles. The van der Waals surface area contributed by atoms with E-state index in [1.807, 2.05) is 25.1 Å². The number of phenolic OH excluding ortho intramolecular Hbond substituents is 1. The van der Waals surface area contributed by atoms with Crippen LogP contribution in [0.4, 0.5) is 0 Å². The lowest BCUT2D eigenvalue weighted by molar-refractivity contribution is 0.454. The smallest absolute Gasteiger partial charge is 0.121 e. The highest BCUT2D eigenvalue weighted by Gasteiger charge is 2.10. The van der Waals surface area contributed by atoms with Gasteiger partial charge < -0.3 is 5.11 Å². The highest BCUT2D eigenvalue weighted by Crippen LogP contribution is 2.31. The fourth-order valence-corrected chi connectivity index (χ4v) is 2.11. The average Bonchev–Trinajstić information content (AvgIpc) is 2.28. The van der Waals surface area contributed by atoms with Gasteiger partial charge in [-0.05, 0) is 30.4 Å². The van der Waals surface area contributed by atoms with Crippen LogP contribution in [-0.2, 0) is 0 Å². The van der Waals surface area contributed by atoms with Crippen molar-refractivity contribution in [2.45, 2.75) is 58.8 Å². The van der Waals surface area contributed by atoms with Crippen molar-refractivity contribution in [2.75, 3.05) is 0 Å². The zero-order valence-corrected chi connectivity index (χ0v) is 10.8. The van der Waals surface area contributed by atoms with Crippen LogP contribution < -0.4 is 0 Å². The molecule has 0 aliphatic heterocycles. The fraction of sp³-hybridized carbons (Fsp3) is 0.600. The highest BCUT2D eigenvalue weighted by atomic mass is 16.3. The van der Waals surface area contributed by atoms with Gasteiger partial charge in [0.1, 0.15) is 5.75 Å². The maximum absolute atomic E-state index is 9.97. The molecule has 0 spiro atoms. The second-order valence-corrected chi connectivity index (χ2v) is 4.76. The van der Waals surface area contributed by atoms with Crippen molar-refractivity contribution in [3.05, 3.63) is 29.3 Å². The van der Waals surface area contributed by atoms with Crippen LogP contribution in [0.15, 0.2) is 18.2 Å². The molecule has 1 aromatic carbocycles. The number of benzene rings is 1. The Bertz CT molecular complexity index is 317. The van der Waals surface area contributed by atoms with Crippen molar-refractivity contribution in [3.63, 3.8) is 0 Å². The number of hydrogen-bond acceptors (Lipinski definition) is 1. The molecule has 0 aliphatic carbocycles. The van der Waals surface area contributed by atoms with E-state index in [4.69, 9.17) is 0 Å². The van der Waals surface area contributed by atoms with Crippen LogP contribution in [0.2, 0.25) is 0 Å². The first kappa shape index (κ1) is 13.1. The van der Waals surface area contributed by atoms with Crippen LogP contribution in [0.25, 0.3) is 0 Å². The van der Waals surface area contributed by atoms with Gasteiger partial charge in [-0.2, -0.15) is 0 Å². The SMILES string of the molecule is CCCCCCC(C)c1cccc(C)c1O. The molecule has 90 valence electrons. The number of para-hydroxylation sites is 1. The summed E-state index contributed by atoms with van der Waals surface area (Å²) in [4.78, 5) is 0. The Kier molecular flexibility index (Phi) is 5.37. The molecular formula is C15H24O. The first-order valence-electron chi connectivity index (χ1n) is 6.45. The quantitative estimate of drug-likeness (QED) is 0.684. The predicted octanol–water partition coefficient (Wildman–Crippen LogP) is 4.77. The molecule has 0 aliphatic rings. The molecule has 0 fully saturated rings. The van der Waals surface area contributed by atoms with Gasteiger partial charge in [-0.1, -0.05) is 57.7 Å². The zero-order chi connectivity index (χ0) is 12.0. The molecule has 16 heavy (non-hydrogen) atoms. The second-order valence-electron chi connectivity index (χ2n) is 4.76. The number of unbranched alkanes of at least 4 members (excludes halogenated alkanes) is 3. The van der Waals surface area contributed by atoms with E-state index in [9.17, 15) is 5.11 Å². The summed E-state index contributed by atoms with van der Waals surface area (Å²) in [5.74, 6) is 0.960. The number of aryl methyl sites for hydroxylation is 1. The van der Waals surface area contributed by atoms with E-state index in [1.165, 1.54) is 32.1 Å². The monoisotopic (exact) mass is 220 g/mol. The van der Waals surface area contributed by atoms with Gasteiger partial charge in [0, 0.05) is 0 Å². The highest BCUT2D eigenvalue weighted by molar-refractivity contribution is 5.41. The molecule has 0 amide bonds. The molecule has 1 atom stereocenters. The van der Waals surface area contributed by atoms with E-state index in [1.54, 1.807) is 0 Å². The van der Waals surface area contributed by atoms with Gasteiger partial charge in [-0.15, -0.1) is 0 Å². The summed E-state index contributed by atoms with van der Waals surface area (Å²) in [6.45, 7) is 6.40. The molecular weight excluding hydrogens is 196 g/mol. The standard InChI is InChI=1S/C15H24O/c1-4-5-6-7-9-12(2)14-11-8-10-13(3)15(14)16/h8,10-12,16H,4-7,9H2,1-3H3. The van der Waals surface area contributed by atoms with Gasteiger partial charge in [-0.25, -0.2) is 0 Å². The Balaban J connectivity index is 2.52. The molecule has 1 nitrogen and oxygen atoms in total. The number of phenols is 1. The average molecular weight is 220 g/mol. The molecule has 1 rings (SSSR count). The second kappa shape index (κ2) is 6.57. The zero-order valence-electron chi connectivity index (χ0n) is 10.8. The Morgan fingerprint density at radius 1 is 1.19 bits per heavy atom. The third-order valence-electron chi connectivity index (χ3n) is 3.29. The van der Waals surface area contributed by atoms with Crippen LogP contribution in [-0.4, -0.2) is 5.11 Å². The van der Waals surface area contributed by atoms with Gasteiger partial charge in [0.15, 0.2) is 0 Å². The van der Waals surface area contributed by atoms with Crippen LogP contribution in [0.5, 0.6) is 5.75 Å². The Labute approximate surface area is 99.5 Å². The third kappa shape index (κ3) is 3.55. The summed E-state index contributed by atoms with van der Waals surface area (Å²) in [5.41, 5.74) is 2.09. The Morgan fingerprint density at radius 3 is 2.62 bits per heavy atom. The predicted molar refractivity (Wildman–Crippen MR) is 70.0 cm³/mol. The van der Waals surface area contributed by atoms with Crippen LogP contribution in [0, 0.1) is 6.92 Å². The van der Waals surface area contributed by atoms with Crippen molar-refractivity contribution < 1.29 is 5.11 Å². The first-order chi connectivity index (χ1) is 7.66. The van der Waals surface area contributed by atoms with Gasteiger partial charge in [0.25, 0.3) is 0 Å². The van der Waals surface area contributed by atoms with Crippen molar-refractivity contribution in [2.24, 2.45) is 0 Å². The van der Waals surface area contributed by atoms with E-state index in [0.29, 0.717) is 11.7 Å². The third-order valence-corrected chi connectivity index (χ3v) is 3.29. The van der Waals surface area contributed by atoms with Gasteiger partial charge in [-0.3, -0.25) is 0 Å². The van der Waals surface area contributed by atoms with Crippen molar-refractivity contribution in [1.82, 2.24) is 0 Å². The van der Waals surface area contributed by atoms with Crippen molar-refractivity contribution in [1.29, 1.82) is 0 Å². The van der Waals surface area contributed by atoms with E-state index in [0.717, 1.165) is 11.1 Å². The Hall–Kier alpha value is -0.980.